The minimum atomic E-state index is -1.23. The summed E-state index contributed by atoms with van der Waals surface area (Å²) in [4.78, 5) is 0. The summed E-state index contributed by atoms with van der Waals surface area (Å²) in [6.07, 6.45) is 1.65. The van der Waals surface area contributed by atoms with Crippen LogP contribution in [0.5, 0.6) is 5.75 Å². The highest BCUT2D eigenvalue weighted by molar-refractivity contribution is 9.10. The van der Waals surface area contributed by atoms with Gasteiger partial charge in [-0.15, -0.1) is 0 Å². The number of aliphatic hydroxyl groups is 1. The molecule has 5 nitrogen and oxygen atoms in total. The topological polar surface area (TPSA) is 67.5 Å². The number of ether oxygens (including phenoxy) is 1. The number of nitrogens with zero attached hydrogens (tertiary/aromatic N) is 2. The summed E-state index contributed by atoms with van der Waals surface area (Å²) in [6, 6.07) is 6.48. The van der Waals surface area contributed by atoms with E-state index in [-0.39, 0.29) is 5.75 Å². The normalized spacial score (nSPS) is 14.2. The Bertz CT molecular complexity index is 579. The molecule has 0 radical (unpaired) electrons. The second-order valence-electron chi connectivity index (χ2n) is 4.68. The van der Waals surface area contributed by atoms with E-state index in [9.17, 15) is 10.2 Å². The Morgan fingerprint density at radius 3 is 2.60 bits per heavy atom. The van der Waals surface area contributed by atoms with Crippen LogP contribution in [-0.2, 0) is 16.9 Å². The standard InChI is InChI=1S/C14H17BrN2O3/c1-14(19,10-3-5-11(18)6-4-10)13-12(15)9-16-17(13)7-8-20-2/h3-6,9,18-19H,7-8H2,1-2H3. The lowest BCUT2D eigenvalue weighted by molar-refractivity contribution is 0.0874. The molecule has 2 N–H and O–H groups in total. The van der Waals surface area contributed by atoms with Crippen LogP contribution < -0.4 is 0 Å². The van der Waals surface area contributed by atoms with E-state index in [0.29, 0.717) is 24.4 Å². The maximum Gasteiger partial charge on any atom is 0.129 e. The minimum absolute atomic E-state index is 0.163. The van der Waals surface area contributed by atoms with Gasteiger partial charge in [-0.1, -0.05) is 12.1 Å². The lowest BCUT2D eigenvalue weighted by Crippen LogP contribution is -2.28. The summed E-state index contributed by atoms with van der Waals surface area (Å²) in [7, 11) is 1.62. The zero-order valence-corrected chi connectivity index (χ0v) is 13.0. The zero-order chi connectivity index (χ0) is 14.8. The summed E-state index contributed by atoms with van der Waals surface area (Å²) in [6.45, 7) is 2.75. The molecule has 0 aliphatic carbocycles. The molecule has 0 bridgehead atoms. The second-order valence-corrected chi connectivity index (χ2v) is 5.53. The van der Waals surface area contributed by atoms with Crippen molar-refractivity contribution in [2.24, 2.45) is 0 Å². The third-order valence-electron chi connectivity index (χ3n) is 3.19. The summed E-state index contributed by atoms with van der Waals surface area (Å²) in [5, 5.41) is 24.5. The maximum absolute atomic E-state index is 10.9. The predicted molar refractivity (Wildman–Crippen MR) is 78.6 cm³/mol. The summed E-state index contributed by atoms with van der Waals surface area (Å²) in [5.74, 6) is 0.163. The van der Waals surface area contributed by atoms with E-state index in [1.165, 1.54) is 0 Å². The van der Waals surface area contributed by atoms with Crippen molar-refractivity contribution in [1.29, 1.82) is 0 Å². The van der Waals surface area contributed by atoms with Gasteiger partial charge >= 0.3 is 0 Å². The van der Waals surface area contributed by atoms with Gasteiger partial charge in [-0.25, -0.2) is 0 Å². The van der Waals surface area contributed by atoms with Crippen LogP contribution >= 0.6 is 15.9 Å². The number of aromatic hydroxyl groups is 1. The smallest absolute Gasteiger partial charge is 0.129 e. The average Bonchev–Trinajstić information content (AvgIpc) is 2.78. The third kappa shape index (κ3) is 2.87. The first kappa shape index (κ1) is 15.0. The first-order valence-electron chi connectivity index (χ1n) is 6.19. The first-order chi connectivity index (χ1) is 9.46. The van der Waals surface area contributed by atoms with Crippen LogP contribution in [0, 0.1) is 0 Å². The monoisotopic (exact) mass is 340 g/mol. The van der Waals surface area contributed by atoms with Gasteiger partial charge in [0.05, 0.1) is 29.5 Å². The predicted octanol–water partition coefficient (Wildman–Crippen LogP) is 2.25. The van der Waals surface area contributed by atoms with Gasteiger partial charge in [-0.3, -0.25) is 4.68 Å². The Balaban J connectivity index is 2.42. The largest absolute Gasteiger partial charge is 0.508 e. The fraction of sp³-hybridized carbons (Fsp3) is 0.357. The lowest BCUT2D eigenvalue weighted by Gasteiger charge is -2.25. The molecule has 0 aliphatic rings. The van der Waals surface area contributed by atoms with Gasteiger partial charge in [0.15, 0.2) is 0 Å². The number of phenols is 1. The van der Waals surface area contributed by atoms with Gasteiger partial charge in [0, 0.05) is 7.11 Å². The molecule has 1 atom stereocenters. The molecule has 0 fully saturated rings. The van der Waals surface area contributed by atoms with E-state index in [2.05, 4.69) is 21.0 Å². The van der Waals surface area contributed by atoms with E-state index < -0.39 is 5.60 Å². The number of hydrogen-bond donors (Lipinski definition) is 2. The maximum atomic E-state index is 10.9. The highest BCUT2D eigenvalue weighted by Crippen LogP contribution is 2.34. The van der Waals surface area contributed by atoms with Gasteiger partial charge in [-0.05, 0) is 40.5 Å². The molecule has 0 aliphatic heterocycles. The third-order valence-corrected chi connectivity index (χ3v) is 3.77. The van der Waals surface area contributed by atoms with Crippen LogP contribution in [0.3, 0.4) is 0 Å². The highest BCUT2D eigenvalue weighted by Gasteiger charge is 2.32. The van der Waals surface area contributed by atoms with Gasteiger partial charge in [0.25, 0.3) is 0 Å². The van der Waals surface area contributed by atoms with E-state index in [1.807, 2.05) is 0 Å². The van der Waals surface area contributed by atoms with Gasteiger partial charge in [0.1, 0.15) is 11.4 Å². The van der Waals surface area contributed by atoms with Crippen LogP contribution in [-0.4, -0.2) is 33.7 Å². The number of benzene rings is 1. The van der Waals surface area contributed by atoms with E-state index in [0.717, 1.165) is 4.47 Å². The Kier molecular flexibility index (Phi) is 4.47. The van der Waals surface area contributed by atoms with Crippen molar-refractivity contribution in [3.63, 3.8) is 0 Å². The van der Waals surface area contributed by atoms with Crippen molar-refractivity contribution in [2.75, 3.05) is 13.7 Å². The molecule has 108 valence electrons. The van der Waals surface area contributed by atoms with Crippen LogP contribution in [0.1, 0.15) is 18.2 Å². The number of phenolic OH excluding ortho intramolecular Hbond substituents is 1. The van der Waals surface area contributed by atoms with Crippen LogP contribution in [0.15, 0.2) is 34.9 Å². The molecule has 2 rings (SSSR count). The van der Waals surface area contributed by atoms with Crippen molar-refractivity contribution < 1.29 is 14.9 Å². The molecule has 1 heterocycles. The molecule has 0 saturated carbocycles. The number of halogens is 1. The van der Waals surface area contributed by atoms with Crippen molar-refractivity contribution in [3.05, 3.63) is 46.2 Å². The molecule has 0 amide bonds. The molecule has 1 aromatic heterocycles. The molecule has 0 saturated heterocycles. The van der Waals surface area contributed by atoms with Crippen molar-refractivity contribution in [3.8, 4) is 5.75 Å². The van der Waals surface area contributed by atoms with E-state index >= 15 is 0 Å². The molecule has 1 unspecified atom stereocenters. The number of rotatable bonds is 5. The van der Waals surface area contributed by atoms with Gasteiger partial charge in [0.2, 0.25) is 0 Å². The fourth-order valence-corrected chi connectivity index (χ4v) is 2.80. The molecule has 0 spiro atoms. The Morgan fingerprint density at radius 2 is 2.00 bits per heavy atom. The fourth-order valence-electron chi connectivity index (χ4n) is 2.12. The molecular weight excluding hydrogens is 324 g/mol. The first-order valence-corrected chi connectivity index (χ1v) is 6.98. The number of hydrogen-bond acceptors (Lipinski definition) is 4. The molecule has 20 heavy (non-hydrogen) atoms. The van der Waals surface area contributed by atoms with Crippen molar-refractivity contribution >= 4 is 15.9 Å². The minimum Gasteiger partial charge on any atom is -0.508 e. The zero-order valence-electron chi connectivity index (χ0n) is 11.4. The molecule has 2 aromatic rings. The molecule has 1 aromatic carbocycles. The molecule has 6 heteroatoms. The second kappa shape index (κ2) is 5.95. The van der Waals surface area contributed by atoms with Crippen LogP contribution in [0.4, 0.5) is 0 Å². The average molecular weight is 341 g/mol. The number of aromatic nitrogens is 2. The van der Waals surface area contributed by atoms with Crippen LogP contribution in [0.25, 0.3) is 0 Å². The highest BCUT2D eigenvalue weighted by atomic mass is 79.9. The number of methoxy groups -OCH3 is 1. The van der Waals surface area contributed by atoms with Crippen molar-refractivity contribution in [2.45, 2.75) is 19.1 Å². The van der Waals surface area contributed by atoms with Gasteiger partial charge < -0.3 is 14.9 Å². The lowest BCUT2D eigenvalue weighted by atomic mass is 9.92. The summed E-state index contributed by atoms with van der Waals surface area (Å²) >= 11 is 3.42. The van der Waals surface area contributed by atoms with Crippen LogP contribution in [0.2, 0.25) is 0 Å². The van der Waals surface area contributed by atoms with Gasteiger partial charge in [-0.2, -0.15) is 5.10 Å². The Hall–Kier alpha value is -1.37. The summed E-state index contributed by atoms with van der Waals surface area (Å²) < 4.78 is 7.49. The Labute approximate surface area is 125 Å². The quantitative estimate of drug-likeness (QED) is 0.875. The molecular formula is C14H17BrN2O3. The summed E-state index contributed by atoms with van der Waals surface area (Å²) in [5.41, 5.74) is 0.104. The van der Waals surface area contributed by atoms with Crippen molar-refractivity contribution in [1.82, 2.24) is 9.78 Å². The Morgan fingerprint density at radius 1 is 1.35 bits per heavy atom. The van der Waals surface area contributed by atoms with E-state index in [1.54, 1.807) is 49.2 Å². The van der Waals surface area contributed by atoms with E-state index in [4.69, 9.17) is 4.74 Å². The SMILES string of the molecule is COCCn1ncc(Br)c1C(C)(O)c1ccc(O)cc1.